The number of anilines is 3. The number of carbonyl (C=O) groups is 2. The smallest absolute Gasteiger partial charge is 0.323 e. The van der Waals surface area contributed by atoms with E-state index in [9.17, 15) is 23.1 Å². The summed E-state index contributed by atoms with van der Waals surface area (Å²) >= 11 is 0. The van der Waals surface area contributed by atoms with E-state index in [1.807, 2.05) is 63.2 Å². The van der Waals surface area contributed by atoms with Gasteiger partial charge < -0.3 is 39.6 Å². The highest BCUT2D eigenvalue weighted by Gasteiger charge is 2.24. The normalized spacial score (nSPS) is 13.7. The number of rotatable bonds is 18. The van der Waals surface area contributed by atoms with Crippen molar-refractivity contribution in [2.75, 3.05) is 88.8 Å². The van der Waals surface area contributed by atoms with Crippen LogP contribution in [0.4, 0.5) is 21.9 Å². The first kappa shape index (κ1) is 46.6. The third-order valence-electron chi connectivity index (χ3n) is 10.8. The van der Waals surface area contributed by atoms with E-state index in [2.05, 4.69) is 30.1 Å². The molecule has 336 valence electrons. The van der Waals surface area contributed by atoms with Crippen molar-refractivity contribution >= 4 is 49.7 Å². The van der Waals surface area contributed by atoms with Crippen LogP contribution in [0.2, 0.25) is 0 Å². The van der Waals surface area contributed by atoms with Crippen molar-refractivity contribution in [1.29, 1.82) is 0 Å². The fourth-order valence-corrected chi connectivity index (χ4v) is 8.21. The average molecular weight is 883 g/mol. The monoisotopic (exact) mass is 882 g/mol. The molecule has 1 aromatic heterocycles. The molecule has 0 bridgehead atoms. The van der Waals surface area contributed by atoms with E-state index in [0.717, 1.165) is 66.6 Å². The second-order valence-corrected chi connectivity index (χ2v) is 18.3. The molecule has 1 fully saturated rings. The predicted octanol–water partition coefficient (Wildman–Crippen LogP) is 7.53. The number of β-amino-alcohol motifs (C(OH)–C–C–N with tert-alkyl or cyclic N) is 1. The van der Waals surface area contributed by atoms with Crippen LogP contribution in [-0.4, -0.2) is 114 Å². The van der Waals surface area contributed by atoms with Crippen molar-refractivity contribution in [3.63, 3.8) is 0 Å². The van der Waals surface area contributed by atoms with Crippen molar-refractivity contribution in [1.82, 2.24) is 14.8 Å². The van der Waals surface area contributed by atoms with Crippen LogP contribution in [0.5, 0.6) is 28.7 Å². The number of ketones is 1. The number of fused-ring (bicyclic) bond motifs is 1. The lowest BCUT2D eigenvalue weighted by molar-refractivity contribution is 0.0943. The number of aromatic nitrogens is 1. The lowest BCUT2D eigenvalue weighted by Gasteiger charge is -2.34. The van der Waals surface area contributed by atoms with Gasteiger partial charge >= 0.3 is 6.03 Å². The molecule has 2 heterocycles. The molecule has 0 saturated carbocycles. The van der Waals surface area contributed by atoms with Crippen molar-refractivity contribution in [3.05, 3.63) is 101 Å². The number of pyridine rings is 1. The van der Waals surface area contributed by atoms with Gasteiger partial charge in [0.15, 0.2) is 11.5 Å². The number of amides is 2. The molecule has 2 amide bonds. The molecule has 0 aliphatic carbocycles. The van der Waals surface area contributed by atoms with Gasteiger partial charge in [-0.1, -0.05) is 45.0 Å². The molecule has 0 spiro atoms. The van der Waals surface area contributed by atoms with Gasteiger partial charge in [-0.3, -0.25) is 19.4 Å². The van der Waals surface area contributed by atoms with E-state index >= 15 is 0 Å². The highest BCUT2D eigenvalue weighted by molar-refractivity contribution is 7.92. The number of aliphatic hydroxyl groups is 1. The Morgan fingerprint density at radius 1 is 0.778 bits per heavy atom. The Hall–Kier alpha value is -5.94. The number of nitrogens with one attached hydrogen (secondary N) is 3. The van der Waals surface area contributed by atoms with Crippen LogP contribution in [0.25, 0.3) is 10.8 Å². The number of sulfonamides is 1. The molecule has 15 nitrogen and oxygen atoms in total. The van der Waals surface area contributed by atoms with Gasteiger partial charge in [0, 0.05) is 74.3 Å². The zero-order valence-corrected chi connectivity index (χ0v) is 37.9. The van der Waals surface area contributed by atoms with E-state index in [0.29, 0.717) is 65.7 Å². The number of benzene rings is 4. The molecule has 1 saturated heterocycles. The summed E-state index contributed by atoms with van der Waals surface area (Å²) in [5.41, 5.74) is 3.41. The number of methoxy groups -OCH3 is 3. The molecule has 4 N–H and O–H groups in total. The number of hydrogen-bond acceptors (Lipinski definition) is 12. The van der Waals surface area contributed by atoms with E-state index in [4.69, 9.17) is 18.9 Å². The highest BCUT2D eigenvalue weighted by atomic mass is 32.2. The van der Waals surface area contributed by atoms with Crippen LogP contribution in [0.3, 0.4) is 0 Å². The summed E-state index contributed by atoms with van der Waals surface area (Å²) in [6.07, 6.45) is 4.21. The van der Waals surface area contributed by atoms with Gasteiger partial charge in [-0.25, -0.2) is 13.2 Å². The summed E-state index contributed by atoms with van der Waals surface area (Å²) in [4.78, 5) is 36.3. The molecule has 6 rings (SSSR count). The van der Waals surface area contributed by atoms with Gasteiger partial charge in [-0.15, -0.1) is 0 Å². The van der Waals surface area contributed by atoms with Gasteiger partial charge in [0.05, 0.1) is 51.3 Å². The molecular formula is C47H58N6O9S. The molecule has 0 unspecified atom stereocenters. The number of hydrogen-bond donors (Lipinski definition) is 4. The van der Waals surface area contributed by atoms with Crippen LogP contribution < -0.4 is 34.3 Å². The first-order chi connectivity index (χ1) is 30.1. The Labute approximate surface area is 369 Å². The van der Waals surface area contributed by atoms with Gasteiger partial charge in [0.25, 0.3) is 0 Å². The molecule has 5 aromatic rings. The fourth-order valence-electron chi connectivity index (χ4n) is 7.66. The Morgan fingerprint density at radius 2 is 1.41 bits per heavy atom. The maximum absolute atomic E-state index is 13.6. The SMILES string of the molecule is COc1cc(Cc2cc(Oc3ccc(NC(=O)Nc4cc(C(C)(C)C)cc(NS(C)(=O)=O)c4OC)c4ccccc34)ccn2)cc(OC)c1C(=O)CCCN1CCN(CCO)CC1. The first-order valence-corrected chi connectivity index (χ1v) is 22.7. The molecule has 0 atom stereocenters. The first-order valence-electron chi connectivity index (χ1n) is 20.9. The third-order valence-corrected chi connectivity index (χ3v) is 11.4. The van der Waals surface area contributed by atoms with Crippen LogP contribution >= 0.6 is 0 Å². The summed E-state index contributed by atoms with van der Waals surface area (Å²) in [5, 5.41) is 16.5. The predicted molar refractivity (Wildman–Crippen MR) is 247 cm³/mol. The van der Waals surface area contributed by atoms with Gasteiger partial charge in [-0.05, 0) is 72.0 Å². The molecule has 1 aliphatic rings. The number of urea groups is 1. The summed E-state index contributed by atoms with van der Waals surface area (Å²) in [6.45, 7) is 11.3. The fraction of sp³-hybridized carbons (Fsp3) is 0.383. The number of nitrogens with zero attached hydrogens (tertiary/aromatic N) is 3. The van der Waals surface area contributed by atoms with Crippen LogP contribution in [-0.2, 0) is 21.9 Å². The quantitative estimate of drug-likeness (QED) is 0.0637. The minimum Gasteiger partial charge on any atom is -0.496 e. The number of ether oxygens (including phenoxy) is 4. The van der Waals surface area contributed by atoms with E-state index < -0.39 is 16.1 Å². The largest absolute Gasteiger partial charge is 0.496 e. The number of carbonyl (C=O) groups excluding carboxylic acids is 2. The summed E-state index contributed by atoms with van der Waals surface area (Å²) < 4.78 is 50.4. The lowest BCUT2D eigenvalue weighted by Crippen LogP contribution is -2.47. The van der Waals surface area contributed by atoms with E-state index in [1.165, 1.54) is 7.11 Å². The zero-order valence-electron chi connectivity index (χ0n) is 37.0. The van der Waals surface area contributed by atoms with E-state index in [-0.39, 0.29) is 29.2 Å². The standard InChI is InChI=1S/C47H58N6O9S/c1-47(2,3)32-28-38(45(61-6)39(29-32)51-63(7,57)58)50-46(56)49-37-14-15-41(36-12-9-8-11-35(36)37)62-34-16-17-48-33(30-34)25-31-26-42(59-4)44(43(27-31)60-5)40(55)13-10-18-52-19-21-53(22-20-52)23-24-54/h8-9,11-12,14-17,26-30,51,54H,10,13,18-25H2,1-7H3,(H2,49,50,56). The number of piperazine rings is 1. The van der Waals surface area contributed by atoms with Crippen molar-refractivity contribution in [3.8, 4) is 28.7 Å². The highest BCUT2D eigenvalue weighted by Crippen LogP contribution is 2.40. The molecule has 63 heavy (non-hydrogen) atoms. The zero-order chi connectivity index (χ0) is 45.3. The topological polar surface area (TPSA) is 181 Å². The number of aliphatic hydroxyl groups excluding tert-OH is 1. The van der Waals surface area contributed by atoms with Gasteiger partial charge in [-0.2, -0.15) is 0 Å². The minimum absolute atomic E-state index is 0.0408. The molecular weight excluding hydrogens is 825 g/mol. The summed E-state index contributed by atoms with van der Waals surface area (Å²) in [7, 11) is 0.852. The minimum atomic E-state index is -3.65. The summed E-state index contributed by atoms with van der Waals surface area (Å²) in [6, 6.07) is 21.3. The molecule has 0 radical (unpaired) electrons. The van der Waals surface area contributed by atoms with Crippen molar-refractivity contribution in [2.24, 2.45) is 0 Å². The molecule has 16 heteroatoms. The molecule has 4 aromatic carbocycles. The third kappa shape index (κ3) is 12.2. The Kier molecular flexibility index (Phi) is 15.1. The van der Waals surface area contributed by atoms with Crippen LogP contribution in [0.1, 0.15) is 60.8 Å². The average Bonchev–Trinajstić information content (AvgIpc) is 3.24. The van der Waals surface area contributed by atoms with Crippen molar-refractivity contribution < 1.29 is 42.1 Å². The number of Topliss-reactive ketones (excluding diaryl/α,β-unsaturated/α-hetero) is 1. The maximum Gasteiger partial charge on any atom is 0.323 e. The lowest BCUT2D eigenvalue weighted by atomic mass is 9.86. The van der Waals surface area contributed by atoms with E-state index in [1.54, 1.807) is 50.7 Å². The van der Waals surface area contributed by atoms with Crippen LogP contribution in [0.15, 0.2) is 79.0 Å². The van der Waals surface area contributed by atoms with Crippen molar-refractivity contribution in [2.45, 2.75) is 45.4 Å². The molecule has 1 aliphatic heterocycles. The Bertz CT molecular complexity index is 2510. The van der Waals surface area contributed by atoms with Gasteiger partial charge in [0.2, 0.25) is 10.0 Å². The second-order valence-electron chi connectivity index (χ2n) is 16.5. The second kappa shape index (κ2) is 20.5. The Balaban J connectivity index is 1.15. The van der Waals surface area contributed by atoms with Gasteiger partial charge in [0.1, 0.15) is 28.6 Å². The van der Waals surface area contributed by atoms with Crippen LogP contribution in [0, 0.1) is 0 Å². The Morgan fingerprint density at radius 3 is 2.03 bits per heavy atom. The summed E-state index contributed by atoms with van der Waals surface area (Å²) in [5.74, 6) is 2.12. The maximum atomic E-state index is 13.6.